The largest absolute Gasteiger partial charge is 0.493 e. The Balaban J connectivity index is 1.65. The Morgan fingerprint density at radius 3 is 2.90 bits per heavy atom. The molecule has 4 aromatic rings. The summed E-state index contributed by atoms with van der Waals surface area (Å²) in [4.78, 5) is 22.0. The highest BCUT2D eigenvalue weighted by molar-refractivity contribution is 7.17. The number of imidazole rings is 1. The van der Waals surface area contributed by atoms with Gasteiger partial charge in [-0.1, -0.05) is 11.3 Å². The number of aromatic nitrogens is 5. The van der Waals surface area contributed by atoms with Crippen molar-refractivity contribution in [2.24, 2.45) is 0 Å². The van der Waals surface area contributed by atoms with Gasteiger partial charge in [0.15, 0.2) is 28.2 Å². The minimum atomic E-state index is -2.13. The van der Waals surface area contributed by atoms with Crippen molar-refractivity contribution in [2.75, 3.05) is 20.2 Å². The third kappa shape index (κ3) is 2.88. The summed E-state index contributed by atoms with van der Waals surface area (Å²) in [5.74, 6) is 0.486. The first-order chi connectivity index (χ1) is 14.4. The molecule has 0 aliphatic carbocycles. The zero-order chi connectivity index (χ0) is 21.0. The maximum absolute atomic E-state index is 15.4. The average Bonchev–Trinajstić information content (AvgIpc) is 3.32. The van der Waals surface area contributed by atoms with Gasteiger partial charge in [0.25, 0.3) is 5.56 Å². The van der Waals surface area contributed by atoms with Gasteiger partial charge >= 0.3 is 0 Å². The standard InChI is InChI=1S/C19H18F2N6O2S/c1-10-8-27-17(23-10)13(29-2)5-12(25-27)11-6-16(28)26-9-15(30-18(26)24-11)19(21)3-4-22-7-14(19)20/h5-6,8-9,14,22H,3-4,7H2,1-2H3/t14-,19-/m1/s1. The predicted molar refractivity (Wildman–Crippen MR) is 108 cm³/mol. The molecule has 0 unspecified atom stereocenters. The van der Waals surface area contributed by atoms with Crippen LogP contribution in [0.1, 0.15) is 17.0 Å². The molecular formula is C19H18F2N6O2S. The van der Waals surface area contributed by atoms with E-state index >= 15 is 4.39 Å². The molecule has 0 bridgehead atoms. The van der Waals surface area contributed by atoms with Gasteiger partial charge in [-0.2, -0.15) is 5.10 Å². The van der Waals surface area contributed by atoms with Crippen LogP contribution in [0, 0.1) is 6.92 Å². The van der Waals surface area contributed by atoms with Crippen LogP contribution in [0.4, 0.5) is 8.78 Å². The number of thiazole rings is 1. The zero-order valence-electron chi connectivity index (χ0n) is 16.2. The summed E-state index contributed by atoms with van der Waals surface area (Å²) in [6.07, 6.45) is 1.40. The van der Waals surface area contributed by atoms with Crippen LogP contribution in [0.25, 0.3) is 22.0 Å². The SMILES string of the molecule is COc1cc(-c2cc(=O)n3cc([C@@]4(F)CCNC[C@H]4F)sc3n2)nn2cc(C)nc12. The molecule has 5 rings (SSSR count). The molecule has 8 nitrogen and oxygen atoms in total. The fraction of sp³-hybridized carbons (Fsp3) is 0.368. The van der Waals surface area contributed by atoms with E-state index < -0.39 is 17.4 Å². The number of piperidine rings is 1. The van der Waals surface area contributed by atoms with Crippen molar-refractivity contribution in [3.05, 3.63) is 45.5 Å². The Bertz CT molecular complexity index is 1330. The van der Waals surface area contributed by atoms with E-state index in [-0.39, 0.29) is 22.8 Å². The summed E-state index contributed by atoms with van der Waals surface area (Å²) in [7, 11) is 1.52. The molecule has 1 N–H and O–H groups in total. The van der Waals surface area contributed by atoms with Crippen molar-refractivity contribution >= 4 is 21.9 Å². The van der Waals surface area contributed by atoms with Gasteiger partial charge in [-0.05, 0) is 13.5 Å². The van der Waals surface area contributed by atoms with E-state index in [1.165, 1.54) is 23.8 Å². The van der Waals surface area contributed by atoms with E-state index in [1.54, 1.807) is 16.8 Å². The molecule has 2 atom stereocenters. The molecule has 0 amide bonds. The third-order valence-corrected chi connectivity index (χ3v) is 6.39. The second-order valence-corrected chi connectivity index (χ2v) is 8.27. The number of alkyl halides is 2. The van der Waals surface area contributed by atoms with Crippen LogP contribution in [0.2, 0.25) is 0 Å². The molecule has 1 aliphatic heterocycles. The summed E-state index contributed by atoms with van der Waals surface area (Å²) in [6, 6.07) is 2.97. The van der Waals surface area contributed by atoms with Crippen LogP contribution in [0.5, 0.6) is 5.75 Å². The number of halogens is 2. The van der Waals surface area contributed by atoms with Gasteiger partial charge in [0.05, 0.1) is 29.6 Å². The molecule has 30 heavy (non-hydrogen) atoms. The maximum Gasteiger partial charge on any atom is 0.259 e. The molecule has 5 heterocycles. The van der Waals surface area contributed by atoms with Crippen molar-refractivity contribution in [1.29, 1.82) is 0 Å². The van der Waals surface area contributed by atoms with E-state index in [0.29, 0.717) is 29.3 Å². The van der Waals surface area contributed by atoms with Crippen molar-refractivity contribution in [2.45, 2.75) is 25.2 Å². The Labute approximate surface area is 173 Å². The Morgan fingerprint density at radius 2 is 2.13 bits per heavy atom. The van der Waals surface area contributed by atoms with Crippen LogP contribution < -0.4 is 15.6 Å². The van der Waals surface area contributed by atoms with Gasteiger partial charge in [0, 0.05) is 31.3 Å². The lowest BCUT2D eigenvalue weighted by molar-refractivity contribution is 0.0215. The molecular weight excluding hydrogens is 414 g/mol. The number of nitrogens with one attached hydrogen (secondary N) is 1. The van der Waals surface area contributed by atoms with Crippen LogP contribution in [-0.4, -0.2) is 50.4 Å². The number of hydrogen-bond donors (Lipinski definition) is 1. The van der Waals surface area contributed by atoms with Gasteiger partial charge in [-0.25, -0.2) is 23.3 Å². The summed E-state index contributed by atoms with van der Waals surface area (Å²) < 4.78 is 37.9. The minimum absolute atomic E-state index is 0.00199. The van der Waals surface area contributed by atoms with Gasteiger partial charge in [0.1, 0.15) is 5.69 Å². The summed E-state index contributed by atoms with van der Waals surface area (Å²) in [6.45, 7) is 2.14. The zero-order valence-corrected chi connectivity index (χ0v) is 17.0. The average molecular weight is 432 g/mol. The number of fused-ring (bicyclic) bond motifs is 2. The van der Waals surface area contributed by atoms with Gasteiger partial charge in [-0.15, -0.1) is 0 Å². The van der Waals surface area contributed by atoms with E-state index in [0.717, 1.165) is 17.0 Å². The normalized spacial score (nSPS) is 22.1. The van der Waals surface area contributed by atoms with Crippen molar-refractivity contribution in [1.82, 2.24) is 29.3 Å². The number of nitrogens with zero attached hydrogens (tertiary/aromatic N) is 5. The Hall–Kier alpha value is -2.92. The van der Waals surface area contributed by atoms with E-state index in [1.807, 2.05) is 6.92 Å². The summed E-state index contributed by atoms with van der Waals surface area (Å²) in [5, 5.41) is 7.31. The molecule has 1 saturated heterocycles. The highest BCUT2D eigenvalue weighted by Crippen LogP contribution is 2.40. The van der Waals surface area contributed by atoms with Gasteiger partial charge in [-0.3, -0.25) is 9.20 Å². The highest BCUT2D eigenvalue weighted by Gasteiger charge is 2.45. The molecule has 0 saturated carbocycles. The maximum atomic E-state index is 15.4. The Kier molecular flexibility index (Phi) is 4.33. The minimum Gasteiger partial charge on any atom is -0.493 e. The molecule has 11 heteroatoms. The number of methoxy groups -OCH3 is 1. The molecule has 156 valence electrons. The second kappa shape index (κ2) is 6.81. The fourth-order valence-corrected chi connectivity index (χ4v) is 4.80. The van der Waals surface area contributed by atoms with Crippen molar-refractivity contribution in [3.63, 3.8) is 0 Å². The topological polar surface area (TPSA) is 85.8 Å². The van der Waals surface area contributed by atoms with Crippen LogP contribution >= 0.6 is 11.3 Å². The van der Waals surface area contributed by atoms with E-state index in [2.05, 4.69) is 20.4 Å². The molecule has 0 aromatic carbocycles. The lowest BCUT2D eigenvalue weighted by Crippen LogP contribution is -2.46. The van der Waals surface area contributed by atoms with Crippen molar-refractivity contribution in [3.8, 4) is 17.1 Å². The molecule has 1 fully saturated rings. The highest BCUT2D eigenvalue weighted by atomic mass is 32.1. The van der Waals surface area contributed by atoms with Gasteiger partial charge in [0.2, 0.25) is 0 Å². The van der Waals surface area contributed by atoms with Crippen molar-refractivity contribution < 1.29 is 13.5 Å². The first-order valence-electron chi connectivity index (χ1n) is 9.38. The predicted octanol–water partition coefficient (Wildman–Crippen LogP) is 2.28. The van der Waals surface area contributed by atoms with Crippen LogP contribution in [0.15, 0.2) is 29.3 Å². The second-order valence-electron chi connectivity index (χ2n) is 7.26. The first-order valence-corrected chi connectivity index (χ1v) is 10.2. The van der Waals surface area contributed by atoms with E-state index in [4.69, 9.17) is 4.74 Å². The first kappa shape index (κ1) is 19.1. The number of ether oxygens (including phenoxy) is 1. The van der Waals surface area contributed by atoms with Crippen LogP contribution in [-0.2, 0) is 5.67 Å². The smallest absolute Gasteiger partial charge is 0.259 e. The Morgan fingerprint density at radius 1 is 1.30 bits per heavy atom. The lowest BCUT2D eigenvalue weighted by atomic mass is 9.91. The monoisotopic (exact) mass is 432 g/mol. The van der Waals surface area contributed by atoms with Gasteiger partial charge < -0.3 is 10.1 Å². The third-order valence-electron chi connectivity index (χ3n) is 5.26. The summed E-state index contributed by atoms with van der Waals surface area (Å²) in [5.41, 5.74) is -0.491. The van der Waals surface area contributed by atoms with E-state index in [9.17, 15) is 9.18 Å². The van der Waals surface area contributed by atoms with Crippen LogP contribution in [0.3, 0.4) is 0 Å². The molecule has 4 aromatic heterocycles. The molecule has 0 spiro atoms. The quantitative estimate of drug-likeness (QED) is 0.535. The summed E-state index contributed by atoms with van der Waals surface area (Å²) >= 11 is 0.978. The molecule has 1 aliphatic rings. The lowest BCUT2D eigenvalue weighted by Gasteiger charge is -2.32. The number of rotatable bonds is 3. The number of hydrogen-bond acceptors (Lipinski definition) is 7. The molecule has 0 radical (unpaired) electrons. The number of aryl methyl sites for hydroxylation is 1. The fourth-order valence-electron chi connectivity index (χ4n) is 3.66.